The average molecular weight is 361 g/mol. The predicted octanol–water partition coefficient (Wildman–Crippen LogP) is 5.44. The van der Waals surface area contributed by atoms with Crippen LogP contribution in [0.1, 0.15) is 51.2 Å². The zero-order chi connectivity index (χ0) is 18.6. The molecule has 3 aliphatic heterocycles. The highest BCUT2D eigenvalue weighted by molar-refractivity contribution is 6.05. The fourth-order valence-corrected chi connectivity index (χ4v) is 7.13. The van der Waals surface area contributed by atoms with E-state index in [0.717, 1.165) is 28.5 Å². The molecule has 0 spiro atoms. The van der Waals surface area contributed by atoms with Gasteiger partial charge in [0.2, 0.25) is 5.71 Å². The van der Waals surface area contributed by atoms with Crippen LogP contribution >= 0.6 is 0 Å². The van der Waals surface area contributed by atoms with Gasteiger partial charge in [0.1, 0.15) is 5.58 Å². The zero-order valence-electron chi connectivity index (χ0n) is 16.7. The van der Waals surface area contributed by atoms with Gasteiger partial charge in [-0.25, -0.2) is 4.98 Å². The second kappa shape index (κ2) is 4.94. The molecule has 4 bridgehead atoms. The van der Waals surface area contributed by atoms with Crippen molar-refractivity contribution < 1.29 is 4.42 Å². The average Bonchev–Trinajstić information content (AvgIpc) is 3.01. The number of piperidine rings is 3. The van der Waals surface area contributed by atoms with Crippen LogP contribution in [-0.4, -0.2) is 28.0 Å². The molecule has 3 aromatic rings. The maximum atomic E-state index is 6.42. The molecule has 1 saturated carbocycles. The van der Waals surface area contributed by atoms with Gasteiger partial charge in [-0.2, -0.15) is 0 Å². The number of pyridine rings is 1. The Labute approximate surface area is 160 Å². The minimum Gasteiger partial charge on any atom is -0.437 e. The molecule has 4 fully saturated rings. The van der Waals surface area contributed by atoms with Crippen LogP contribution in [0.5, 0.6) is 0 Å². The molecule has 0 N–H and O–H groups in total. The van der Waals surface area contributed by atoms with Crippen LogP contribution in [0.3, 0.4) is 0 Å². The number of furan rings is 1. The lowest BCUT2D eigenvalue weighted by molar-refractivity contribution is -0.156. The number of fused-ring (bicyclic) bond motifs is 3. The van der Waals surface area contributed by atoms with Crippen molar-refractivity contribution in [3.8, 4) is 0 Å². The zero-order valence-corrected chi connectivity index (χ0v) is 16.7. The van der Waals surface area contributed by atoms with Crippen molar-refractivity contribution in [1.82, 2.24) is 9.88 Å². The Morgan fingerprint density at radius 2 is 2.00 bits per heavy atom. The van der Waals surface area contributed by atoms with Crippen LogP contribution in [0, 0.1) is 18.8 Å². The number of hydrogen-bond donors (Lipinski definition) is 0. The summed E-state index contributed by atoms with van der Waals surface area (Å²) in [7, 11) is 0. The molecule has 0 amide bonds. The van der Waals surface area contributed by atoms with E-state index in [2.05, 4.69) is 55.8 Å². The van der Waals surface area contributed by atoms with Crippen molar-refractivity contribution in [2.45, 2.75) is 64.0 Å². The first kappa shape index (κ1) is 16.1. The summed E-state index contributed by atoms with van der Waals surface area (Å²) in [4.78, 5) is 7.32. The Morgan fingerprint density at radius 1 is 1.15 bits per heavy atom. The summed E-state index contributed by atoms with van der Waals surface area (Å²) in [6, 6.07) is 9.25. The van der Waals surface area contributed by atoms with Crippen LogP contribution in [-0.2, 0) is 5.41 Å². The first-order chi connectivity index (χ1) is 12.9. The highest BCUT2D eigenvalue weighted by Gasteiger charge is 2.62. The van der Waals surface area contributed by atoms with E-state index in [0.29, 0.717) is 11.6 Å². The first-order valence-electron chi connectivity index (χ1n) is 10.5. The molecule has 140 valence electrons. The normalized spacial score (nSPS) is 36.7. The lowest BCUT2D eigenvalue weighted by atomic mass is 9.49. The molecule has 2 aromatic heterocycles. The molecule has 3 saturated heterocycles. The minimum absolute atomic E-state index is 0.207. The number of rotatable bonds is 1. The molecule has 7 rings (SSSR count). The standard InChI is InChI=1S/C24H28N2O/c1-14-7-8-18-19-6-5-9-25-22(19)27-21(18)20(14)24-11-16-10-17(12-24)23(3,4)26(13-16)15(24)2/h5-9,15-17H,10-13H2,1-4H3/t15-,16?,17?,24?/m1/s1. The van der Waals surface area contributed by atoms with Crippen molar-refractivity contribution in [3.05, 3.63) is 41.6 Å². The fraction of sp³-hybridized carbons (Fsp3) is 0.542. The van der Waals surface area contributed by atoms with Crippen molar-refractivity contribution >= 4 is 22.1 Å². The Bertz CT molecular complexity index is 1080. The number of aryl methyl sites for hydroxylation is 1. The van der Waals surface area contributed by atoms with Crippen LogP contribution in [0.2, 0.25) is 0 Å². The maximum absolute atomic E-state index is 6.42. The molecule has 27 heavy (non-hydrogen) atoms. The van der Waals surface area contributed by atoms with E-state index < -0.39 is 0 Å². The molecule has 4 aliphatic rings. The van der Waals surface area contributed by atoms with Gasteiger partial charge in [-0.1, -0.05) is 12.1 Å². The monoisotopic (exact) mass is 360 g/mol. The van der Waals surface area contributed by atoms with E-state index in [1.165, 1.54) is 42.3 Å². The van der Waals surface area contributed by atoms with Gasteiger partial charge in [-0.05, 0) is 76.5 Å². The Kier molecular flexibility index (Phi) is 2.95. The molecule has 0 radical (unpaired) electrons. The molecule has 5 heterocycles. The van der Waals surface area contributed by atoms with E-state index in [1.54, 1.807) is 0 Å². The molecular formula is C24H28N2O. The molecule has 3 heteroatoms. The van der Waals surface area contributed by atoms with Crippen molar-refractivity contribution in [2.75, 3.05) is 6.54 Å². The second-order valence-corrected chi connectivity index (χ2v) is 9.94. The largest absolute Gasteiger partial charge is 0.437 e. The number of hydrogen-bond acceptors (Lipinski definition) is 3. The molecule has 5 atom stereocenters. The molecule has 3 nitrogen and oxygen atoms in total. The lowest BCUT2D eigenvalue weighted by Gasteiger charge is -2.69. The van der Waals surface area contributed by atoms with Gasteiger partial charge in [0.25, 0.3) is 0 Å². The maximum Gasteiger partial charge on any atom is 0.227 e. The van der Waals surface area contributed by atoms with Crippen molar-refractivity contribution in [3.63, 3.8) is 0 Å². The van der Waals surface area contributed by atoms with Crippen LogP contribution in [0.4, 0.5) is 0 Å². The van der Waals surface area contributed by atoms with Crippen molar-refractivity contribution in [1.29, 1.82) is 0 Å². The molecule has 4 unspecified atom stereocenters. The highest BCUT2D eigenvalue weighted by Crippen LogP contribution is 2.62. The van der Waals surface area contributed by atoms with E-state index >= 15 is 0 Å². The second-order valence-electron chi connectivity index (χ2n) is 9.94. The van der Waals surface area contributed by atoms with E-state index in [4.69, 9.17) is 4.42 Å². The number of nitrogens with zero attached hydrogens (tertiary/aromatic N) is 2. The predicted molar refractivity (Wildman–Crippen MR) is 109 cm³/mol. The van der Waals surface area contributed by atoms with Gasteiger partial charge in [-0.15, -0.1) is 0 Å². The van der Waals surface area contributed by atoms with E-state index in [9.17, 15) is 0 Å². The Balaban J connectivity index is 1.65. The fourth-order valence-electron chi connectivity index (χ4n) is 7.13. The van der Waals surface area contributed by atoms with Gasteiger partial charge < -0.3 is 4.42 Å². The Morgan fingerprint density at radius 3 is 2.85 bits per heavy atom. The van der Waals surface area contributed by atoms with Gasteiger partial charge in [0.05, 0.1) is 0 Å². The number of benzene rings is 1. The smallest absolute Gasteiger partial charge is 0.227 e. The van der Waals surface area contributed by atoms with Crippen LogP contribution < -0.4 is 0 Å². The summed E-state index contributed by atoms with van der Waals surface area (Å²) in [5.41, 5.74) is 5.25. The quantitative estimate of drug-likeness (QED) is 0.579. The summed E-state index contributed by atoms with van der Waals surface area (Å²) >= 11 is 0. The van der Waals surface area contributed by atoms with Gasteiger partial charge in [-0.3, -0.25) is 4.90 Å². The highest BCUT2D eigenvalue weighted by atomic mass is 16.3. The van der Waals surface area contributed by atoms with Crippen molar-refractivity contribution in [2.24, 2.45) is 11.8 Å². The molecule has 1 aliphatic carbocycles. The van der Waals surface area contributed by atoms with Crippen LogP contribution in [0.15, 0.2) is 34.9 Å². The van der Waals surface area contributed by atoms with Gasteiger partial charge >= 0.3 is 0 Å². The summed E-state index contributed by atoms with van der Waals surface area (Å²) < 4.78 is 6.42. The molecular weight excluding hydrogens is 332 g/mol. The van der Waals surface area contributed by atoms with Gasteiger partial charge in [0, 0.05) is 46.1 Å². The van der Waals surface area contributed by atoms with Gasteiger partial charge in [0.15, 0.2) is 0 Å². The summed E-state index contributed by atoms with van der Waals surface area (Å²) in [5, 5.41) is 2.38. The van der Waals surface area contributed by atoms with Crippen LogP contribution in [0.25, 0.3) is 22.1 Å². The minimum atomic E-state index is 0.207. The third kappa shape index (κ3) is 1.84. The lowest BCUT2D eigenvalue weighted by Crippen LogP contribution is -2.73. The third-order valence-electron chi connectivity index (χ3n) is 8.47. The SMILES string of the molecule is Cc1ccc2c(oc3ncccc32)c1C12CC3CC(C1)C(C)(C)N(C3)[C@@H]2C. The number of aromatic nitrogens is 1. The first-order valence-corrected chi connectivity index (χ1v) is 10.5. The summed E-state index contributed by atoms with van der Waals surface area (Å²) in [5.74, 6) is 1.60. The Hall–Kier alpha value is -1.87. The third-order valence-corrected chi connectivity index (χ3v) is 8.47. The van der Waals surface area contributed by atoms with E-state index in [1.807, 2.05) is 12.3 Å². The topological polar surface area (TPSA) is 29.3 Å². The summed E-state index contributed by atoms with van der Waals surface area (Å²) in [6.07, 6.45) is 5.83. The molecule has 1 aromatic carbocycles. The van der Waals surface area contributed by atoms with E-state index in [-0.39, 0.29) is 5.41 Å². The summed E-state index contributed by atoms with van der Waals surface area (Å²) in [6.45, 7) is 11.0.